The van der Waals surface area contributed by atoms with Crippen LogP contribution in [-0.2, 0) is 0 Å². The van der Waals surface area contributed by atoms with Crippen LogP contribution in [0, 0.1) is 42.9 Å². The molecular weight excluding hydrogens is 158 g/mol. The van der Waals surface area contributed by atoms with E-state index in [4.69, 9.17) is 6.42 Å². The third-order valence-electron chi connectivity index (χ3n) is 1.47. The molecule has 0 radical (unpaired) electrons. The number of rotatable bonds is 0. The smallest absolute Gasteiger partial charge is 0.106 e. The zero-order valence-corrected chi connectivity index (χ0v) is 7.65. The molecule has 0 unspecified atom stereocenters. The molecule has 1 heteroatoms. The summed E-state index contributed by atoms with van der Waals surface area (Å²) in [5.74, 6) is 13.4. The average molecular weight is 167 g/mol. The molecular formula is C12H9N. The van der Waals surface area contributed by atoms with Gasteiger partial charge in [-0.25, -0.2) is 0 Å². The number of aryl methyl sites for hydroxylation is 1. The summed E-state index contributed by atoms with van der Waals surface area (Å²) in [7, 11) is 0. The fourth-order valence-electron chi connectivity index (χ4n) is 1.02. The number of hydrogen-bond donors (Lipinski definition) is 1. The molecule has 62 valence electrons. The van der Waals surface area contributed by atoms with Crippen LogP contribution < -0.4 is 0 Å². The lowest BCUT2D eigenvalue weighted by atomic mass is 10.2. The summed E-state index contributed by atoms with van der Waals surface area (Å²) in [6, 6.07) is 1.96. The zero-order chi connectivity index (χ0) is 9.68. The van der Waals surface area contributed by atoms with Gasteiger partial charge in [-0.2, -0.15) is 0 Å². The first-order chi connectivity index (χ1) is 6.27. The van der Waals surface area contributed by atoms with Crippen LogP contribution in [0.15, 0.2) is 6.07 Å². The Bertz CT molecular complexity index is 461. The molecule has 1 aromatic heterocycles. The summed E-state index contributed by atoms with van der Waals surface area (Å²) in [5.41, 5.74) is 2.74. The molecule has 0 amide bonds. The van der Waals surface area contributed by atoms with Crippen LogP contribution in [0.2, 0.25) is 0 Å². The van der Waals surface area contributed by atoms with Crippen LogP contribution in [0.3, 0.4) is 0 Å². The minimum Gasteiger partial charge on any atom is -0.351 e. The molecule has 1 N–H and O–H groups in total. The van der Waals surface area contributed by atoms with Gasteiger partial charge in [0, 0.05) is 5.69 Å². The van der Waals surface area contributed by atoms with E-state index in [0.29, 0.717) is 0 Å². The lowest BCUT2D eigenvalue weighted by Crippen LogP contribution is -1.78. The van der Waals surface area contributed by atoms with E-state index in [0.717, 1.165) is 17.0 Å². The molecule has 0 bridgehead atoms. The maximum absolute atomic E-state index is 5.03. The Morgan fingerprint density at radius 3 is 2.77 bits per heavy atom. The first kappa shape index (κ1) is 9.05. The molecule has 0 fully saturated rings. The van der Waals surface area contributed by atoms with Crippen molar-refractivity contribution in [3.63, 3.8) is 0 Å². The molecule has 0 saturated carbocycles. The standard InChI is InChI=1S/C12H9N/c1-4-6-8-12-11(7-5-2)9-10(3)13-12/h1,9,13H,2-3H3. The van der Waals surface area contributed by atoms with Gasteiger partial charge in [-0.15, -0.1) is 12.3 Å². The molecule has 0 aliphatic heterocycles. The van der Waals surface area contributed by atoms with E-state index in [-0.39, 0.29) is 0 Å². The molecule has 0 aliphatic rings. The van der Waals surface area contributed by atoms with Gasteiger partial charge >= 0.3 is 0 Å². The van der Waals surface area contributed by atoms with Crippen LogP contribution in [0.1, 0.15) is 23.9 Å². The SMILES string of the molecule is C#CC#Cc1[nH]c(C)cc1C#CC. The second kappa shape index (κ2) is 4.10. The van der Waals surface area contributed by atoms with Gasteiger partial charge in [0.05, 0.1) is 5.56 Å². The Kier molecular flexibility index (Phi) is 2.86. The van der Waals surface area contributed by atoms with E-state index in [2.05, 4.69) is 34.6 Å². The highest BCUT2D eigenvalue weighted by Gasteiger charge is 1.99. The number of nitrogens with one attached hydrogen (secondary N) is 1. The minimum atomic E-state index is 0.796. The lowest BCUT2D eigenvalue weighted by molar-refractivity contribution is 1.24. The number of terminal acetylenes is 1. The Hall–Kier alpha value is -2.04. The third kappa shape index (κ3) is 2.19. The molecule has 1 rings (SSSR count). The maximum Gasteiger partial charge on any atom is 0.106 e. The Labute approximate surface area is 78.6 Å². The Morgan fingerprint density at radius 2 is 2.15 bits per heavy atom. The van der Waals surface area contributed by atoms with Crippen LogP contribution >= 0.6 is 0 Å². The second-order valence-electron chi connectivity index (χ2n) is 2.51. The quantitative estimate of drug-likeness (QED) is 0.566. The summed E-state index contributed by atoms with van der Waals surface area (Å²) in [4.78, 5) is 3.09. The highest BCUT2D eigenvalue weighted by molar-refractivity contribution is 5.49. The largest absolute Gasteiger partial charge is 0.351 e. The van der Waals surface area contributed by atoms with E-state index >= 15 is 0 Å². The number of hydrogen-bond acceptors (Lipinski definition) is 0. The normalized spacial score (nSPS) is 7.46. The van der Waals surface area contributed by atoms with Crippen molar-refractivity contribution >= 4 is 0 Å². The van der Waals surface area contributed by atoms with Gasteiger partial charge in [0.2, 0.25) is 0 Å². The molecule has 1 aromatic rings. The predicted octanol–water partition coefficient (Wildman–Crippen LogP) is 1.68. The van der Waals surface area contributed by atoms with Crippen molar-refractivity contribution in [3.05, 3.63) is 23.0 Å². The molecule has 1 nitrogen and oxygen atoms in total. The molecule has 1 heterocycles. The van der Waals surface area contributed by atoms with Gasteiger partial charge in [0.15, 0.2) is 0 Å². The number of H-pyrrole nitrogens is 1. The van der Waals surface area contributed by atoms with Crippen molar-refractivity contribution < 1.29 is 0 Å². The maximum atomic E-state index is 5.03. The van der Waals surface area contributed by atoms with Crippen LogP contribution in [0.25, 0.3) is 0 Å². The van der Waals surface area contributed by atoms with Gasteiger partial charge in [-0.3, -0.25) is 0 Å². The van der Waals surface area contributed by atoms with Crippen molar-refractivity contribution in [2.75, 3.05) is 0 Å². The second-order valence-corrected chi connectivity index (χ2v) is 2.51. The van der Waals surface area contributed by atoms with Crippen molar-refractivity contribution in [2.24, 2.45) is 0 Å². The average Bonchev–Trinajstić information content (AvgIpc) is 2.44. The zero-order valence-electron chi connectivity index (χ0n) is 7.65. The van der Waals surface area contributed by atoms with E-state index in [9.17, 15) is 0 Å². The molecule has 13 heavy (non-hydrogen) atoms. The van der Waals surface area contributed by atoms with Gasteiger partial charge in [-0.1, -0.05) is 5.92 Å². The number of aromatic amines is 1. The summed E-state index contributed by atoms with van der Waals surface area (Å²) in [6.07, 6.45) is 5.03. The molecule has 0 aromatic carbocycles. The van der Waals surface area contributed by atoms with Crippen molar-refractivity contribution in [2.45, 2.75) is 13.8 Å². The first-order valence-electron chi connectivity index (χ1n) is 3.87. The van der Waals surface area contributed by atoms with Crippen molar-refractivity contribution in [3.8, 4) is 36.0 Å². The monoisotopic (exact) mass is 167 g/mol. The summed E-state index contributed by atoms with van der Waals surface area (Å²) >= 11 is 0. The van der Waals surface area contributed by atoms with E-state index < -0.39 is 0 Å². The van der Waals surface area contributed by atoms with Gasteiger partial charge < -0.3 is 4.98 Å². The van der Waals surface area contributed by atoms with Gasteiger partial charge in [-0.05, 0) is 37.7 Å². The Morgan fingerprint density at radius 1 is 1.38 bits per heavy atom. The fraction of sp³-hybridized carbons (Fsp3) is 0.167. The summed E-state index contributed by atoms with van der Waals surface area (Å²) < 4.78 is 0. The van der Waals surface area contributed by atoms with E-state index in [1.807, 2.05) is 13.0 Å². The molecule has 0 atom stereocenters. The molecule has 0 aliphatic carbocycles. The third-order valence-corrected chi connectivity index (χ3v) is 1.47. The topological polar surface area (TPSA) is 15.8 Å². The number of aromatic nitrogens is 1. The van der Waals surface area contributed by atoms with Crippen LogP contribution in [-0.4, -0.2) is 4.98 Å². The van der Waals surface area contributed by atoms with Crippen LogP contribution in [0.4, 0.5) is 0 Å². The molecule has 0 spiro atoms. The fourth-order valence-corrected chi connectivity index (χ4v) is 1.02. The van der Waals surface area contributed by atoms with Gasteiger partial charge in [0.25, 0.3) is 0 Å². The summed E-state index contributed by atoms with van der Waals surface area (Å²) in [6.45, 7) is 3.75. The van der Waals surface area contributed by atoms with Gasteiger partial charge in [0.1, 0.15) is 5.69 Å². The highest BCUT2D eigenvalue weighted by Crippen LogP contribution is 2.07. The minimum absolute atomic E-state index is 0.796. The Balaban J connectivity index is 3.18. The lowest BCUT2D eigenvalue weighted by Gasteiger charge is -1.83. The first-order valence-corrected chi connectivity index (χ1v) is 3.87. The van der Waals surface area contributed by atoms with Crippen molar-refractivity contribution in [1.82, 2.24) is 4.98 Å². The van der Waals surface area contributed by atoms with Crippen LogP contribution in [0.5, 0.6) is 0 Å². The van der Waals surface area contributed by atoms with Crippen molar-refractivity contribution in [1.29, 1.82) is 0 Å². The molecule has 0 saturated heterocycles. The van der Waals surface area contributed by atoms with E-state index in [1.54, 1.807) is 6.92 Å². The van der Waals surface area contributed by atoms with E-state index in [1.165, 1.54) is 0 Å². The highest BCUT2D eigenvalue weighted by atomic mass is 14.7. The summed E-state index contributed by atoms with van der Waals surface area (Å²) in [5, 5.41) is 0. The predicted molar refractivity (Wildman–Crippen MR) is 53.8 cm³/mol.